The fourth-order valence-electron chi connectivity index (χ4n) is 1.51. The number of aromatic nitrogens is 1. The Kier molecular flexibility index (Phi) is 5.05. The van der Waals surface area contributed by atoms with Gasteiger partial charge in [0.2, 0.25) is 0 Å². The Morgan fingerprint density at radius 1 is 1.44 bits per heavy atom. The molecule has 0 fully saturated rings. The van der Waals surface area contributed by atoms with Gasteiger partial charge in [0.1, 0.15) is 5.82 Å². The van der Waals surface area contributed by atoms with E-state index in [1.54, 1.807) is 6.20 Å². The monoisotopic (exact) mass is 223 g/mol. The Morgan fingerprint density at radius 2 is 2.19 bits per heavy atom. The predicted molar refractivity (Wildman–Crippen MR) is 67.6 cm³/mol. The van der Waals surface area contributed by atoms with E-state index < -0.39 is 0 Å². The van der Waals surface area contributed by atoms with Gasteiger partial charge in [-0.25, -0.2) is 4.98 Å². The molecule has 0 aliphatic heterocycles. The molecule has 0 spiro atoms. The minimum atomic E-state index is 0.138. The molecule has 0 aromatic carbocycles. The lowest BCUT2D eigenvalue weighted by molar-refractivity contribution is 0.301. The van der Waals surface area contributed by atoms with E-state index >= 15 is 0 Å². The van der Waals surface area contributed by atoms with Gasteiger partial charge in [0.25, 0.3) is 0 Å². The molecule has 0 atom stereocenters. The van der Waals surface area contributed by atoms with E-state index in [2.05, 4.69) is 16.8 Å². The van der Waals surface area contributed by atoms with Crippen molar-refractivity contribution in [1.82, 2.24) is 4.98 Å². The van der Waals surface area contributed by atoms with E-state index in [-0.39, 0.29) is 6.61 Å². The Morgan fingerprint density at radius 3 is 2.75 bits per heavy atom. The third kappa shape index (κ3) is 3.38. The largest absolute Gasteiger partial charge is 0.398 e. The third-order valence-electron chi connectivity index (χ3n) is 2.61. The normalized spacial score (nSPS) is 10.4. The summed E-state index contributed by atoms with van der Waals surface area (Å²) in [7, 11) is 0. The van der Waals surface area contributed by atoms with Crippen molar-refractivity contribution in [2.45, 2.75) is 26.7 Å². The molecule has 4 nitrogen and oxygen atoms in total. The molecule has 90 valence electrons. The summed E-state index contributed by atoms with van der Waals surface area (Å²) < 4.78 is 0. The van der Waals surface area contributed by atoms with Gasteiger partial charge in [-0.05, 0) is 18.9 Å². The number of nitrogens with two attached hydrogens (primary N) is 1. The van der Waals surface area contributed by atoms with Crippen LogP contribution in [0, 0.1) is 6.92 Å². The number of anilines is 2. The molecular formula is C12H21N3O. The van der Waals surface area contributed by atoms with Crippen LogP contribution in [0.5, 0.6) is 0 Å². The molecule has 1 aromatic rings. The summed E-state index contributed by atoms with van der Waals surface area (Å²) in [6.07, 6.45) is 4.00. The van der Waals surface area contributed by atoms with Gasteiger partial charge in [0, 0.05) is 31.0 Å². The topological polar surface area (TPSA) is 62.4 Å². The van der Waals surface area contributed by atoms with E-state index in [1.165, 1.54) is 0 Å². The van der Waals surface area contributed by atoms with E-state index in [0.29, 0.717) is 6.54 Å². The molecule has 0 aliphatic rings. The Hall–Kier alpha value is -1.29. The van der Waals surface area contributed by atoms with E-state index in [1.807, 2.05) is 13.0 Å². The molecule has 0 saturated carbocycles. The molecule has 1 rings (SSSR count). The molecule has 0 amide bonds. The number of aliphatic hydroxyl groups excluding tert-OH is 1. The van der Waals surface area contributed by atoms with Crippen molar-refractivity contribution in [1.29, 1.82) is 0 Å². The number of aryl methyl sites for hydroxylation is 1. The van der Waals surface area contributed by atoms with E-state index in [9.17, 15) is 0 Å². The first-order chi connectivity index (χ1) is 7.69. The predicted octanol–water partition coefficient (Wildman–Crippen LogP) is 1.57. The first-order valence-corrected chi connectivity index (χ1v) is 5.77. The number of aliphatic hydroxyl groups is 1. The van der Waals surface area contributed by atoms with Gasteiger partial charge in [0.05, 0.1) is 6.61 Å². The summed E-state index contributed by atoms with van der Waals surface area (Å²) in [4.78, 5) is 6.41. The molecule has 0 saturated heterocycles. The number of hydrogen-bond donors (Lipinski definition) is 2. The summed E-state index contributed by atoms with van der Waals surface area (Å²) in [5, 5.41) is 9.02. The standard InChI is InChI=1S/C12H21N3O/c1-3-4-5-15(6-7-16)12-8-11(13)10(2)9-14-12/h8-9,16H,3-7H2,1-2H3,(H2,13,14). The maximum atomic E-state index is 9.02. The van der Waals surface area contributed by atoms with Crippen molar-refractivity contribution >= 4 is 11.5 Å². The number of hydrogen-bond acceptors (Lipinski definition) is 4. The second-order valence-corrected chi connectivity index (χ2v) is 3.96. The second kappa shape index (κ2) is 6.33. The highest BCUT2D eigenvalue weighted by molar-refractivity contribution is 5.54. The molecule has 1 aromatic heterocycles. The zero-order valence-corrected chi connectivity index (χ0v) is 10.1. The Balaban J connectivity index is 2.78. The fraction of sp³-hybridized carbons (Fsp3) is 0.583. The van der Waals surface area contributed by atoms with E-state index in [0.717, 1.165) is 36.5 Å². The van der Waals surface area contributed by atoms with Crippen LogP contribution >= 0.6 is 0 Å². The van der Waals surface area contributed by atoms with Crippen LogP contribution in [0.3, 0.4) is 0 Å². The van der Waals surface area contributed by atoms with Gasteiger partial charge in [-0.3, -0.25) is 0 Å². The number of rotatable bonds is 6. The quantitative estimate of drug-likeness (QED) is 0.768. The van der Waals surface area contributed by atoms with Crippen molar-refractivity contribution in [2.75, 3.05) is 30.3 Å². The van der Waals surface area contributed by atoms with Gasteiger partial charge in [-0.15, -0.1) is 0 Å². The van der Waals surface area contributed by atoms with Crippen LogP contribution in [0.4, 0.5) is 11.5 Å². The lowest BCUT2D eigenvalue weighted by Crippen LogP contribution is -2.28. The maximum absolute atomic E-state index is 9.02. The molecular weight excluding hydrogens is 202 g/mol. The maximum Gasteiger partial charge on any atom is 0.130 e. The van der Waals surface area contributed by atoms with Crippen LogP contribution in [-0.4, -0.2) is 29.8 Å². The van der Waals surface area contributed by atoms with Crippen molar-refractivity contribution < 1.29 is 5.11 Å². The average Bonchev–Trinajstić information content (AvgIpc) is 2.28. The lowest BCUT2D eigenvalue weighted by atomic mass is 10.2. The highest BCUT2D eigenvalue weighted by Gasteiger charge is 2.07. The van der Waals surface area contributed by atoms with Gasteiger partial charge < -0.3 is 15.7 Å². The van der Waals surface area contributed by atoms with Crippen LogP contribution in [-0.2, 0) is 0 Å². The second-order valence-electron chi connectivity index (χ2n) is 3.96. The van der Waals surface area contributed by atoms with Crippen molar-refractivity contribution in [2.24, 2.45) is 0 Å². The molecule has 0 unspecified atom stereocenters. The fourth-order valence-corrected chi connectivity index (χ4v) is 1.51. The minimum absolute atomic E-state index is 0.138. The SMILES string of the molecule is CCCCN(CCO)c1cc(N)c(C)cn1. The van der Waals surface area contributed by atoms with Crippen LogP contribution < -0.4 is 10.6 Å². The highest BCUT2D eigenvalue weighted by Crippen LogP contribution is 2.17. The van der Waals surface area contributed by atoms with Crippen LogP contribution in [0.1, 0.15) is 25.3 Å². The first kappa shape index (κ1) is 12.8. The van der Waals surface area contributed by atoms with Gasteiger partial charge in [0.15, 0.2) is 0 Å². The summed E-state index contributed by atoms with van der Waals surface area (Å²) in [6.45, 7) is 5.74. The molecule has 0 radical (unpaired) electrons. The smallest absolute Gasteiger partial charge is 0.130 e. The van der Waals surface area contributed by atoms with Gasteiger partial charge >= 0.3 is 0 Å². The highest BCUT2D eigenvalue weighted by atomic mass is 16.3. The molecule has 4 heteroatoms. The Bertz CT molecular complexity index is 328. The van der Waals surface area contributed by atoms with E-state index in [4.69, 9.17) is 10.8 Å². The zero-order valence-electron chi connectivity index (χ0n) is 10.1. The Labute approximate surface area is 97.1 Å². The number of nitrogens with zero attached hydrogens (tertiary/aromatic N) is 2. The number of unbranched alkanes of at least 4 members (excludes halogenated alkanes) is 1. The molecule has 0 bridgehead atoms. The van der Waals surface area contributed by atoms with Gasteiger partial charge in [-0.1, -0.05) is 13.3 Å². The van der Waals surface area contributed by atoms with Crippen molar-refractivity contribution in [3.63, 3.8) is 0 Å². The van der Waals surface area contributed by atoms with Crippen LogP contribution in [0.25, 0.3) is 0 Å². The molecule has 3 N–H and O–H groups in total. The third-order valence-corrected chi connectivity index (χ3v) is 2.61. The summed E-state index contributed by atoms with van der Waals surface area (Å²) in [5.41, 5.74) is 7.60. The first-order valence-electron chi connectivity index (χ1n) is 5.77. The summed E-state index contributed by atoms with van der Waals surface area (Å²) >= 11 is 0. The van der Waals surface area contributed by atoms with Crippen molar-refractivity contribution in [3.8, 4) is 0 Å². The van der Waals surface area contributed by atoms with Gasteiger partial charge in [-0.2, -0.15) is 0 Å². The molecule has 0 aliphatic carbocycles. The minimum Gasteiger partial charge on any atom is -0.398 e. The summed E-state index contributed by atoms with van der Waals surface area (Å²) in [6, 6.07) is 1.88. The van der Waals surface area contributed by atoms with Crippen LogP contribution in [0.2, 0.25) is 0 Å². The molecule has 16 heavy (non-hydrogen) atoms. The number of pyridine rings is 1. The summed E-state index contributed by atoms with van der Waals surface area (Å²) in [5.74, 6) is 0.852. The van der Waals surface area contributed by atoms with Crippen LogP contribution in [0.15, 0.2) is 12.3 Å². The van der Waals surface area contributed by atoms with Crippen molar-refractivity contribution in [3.05, 3.63) is 17.8 Å². The zero-order chi connectivity index (χ0) is 12.0. The number of nitrogen functional groups attached to an aromatic ring is 1. The lowest BCUT2D eigenvalue weighted by Gasteiger charge is -2.23. The molecule has 1 heterocycles. The average molecular weight is 223 g/mol.